The highest BCUT2D eigenvalue weighted by molar-refractivity contribution is 6.37. The number of Topliss-reactive ketones (excluding diaryl/α,β-unsaturated/α-hetero) is 2. The molecule has 1 aliphatic carbocycles. The predicted molar refractivity (Wildman–Crippen MR) is 124 cm³/mol. The summed E-state index contributed by atoms with van der Waals surface area (Å²) in [6.07, 6.45) is -1.04. The Kier molecular flexibility index (Phi) is 4.43. The molecule has 2 aliphatic heterocycles. The number of aryl methyl sites for hydroxylation is 1. The minimum absolute atomic E-state index is 0.195. The van der Waals surface area contributed by atoms with E-state index in [4.69, 9.17) is 16.3 Å². The first kappa shape index (κ1) is 21.0. The topological polar surface area (TPSA) is 80.8 Å². The lowest BCUT2D eigenvalue weighted by Crippen LogP contribution is -2.51. The number of amides is 2. The van der Waals surface area contributed by atoms with E-state index in [1.165, 1.54) is 0 Å². The van der Waals surface area contributed by atoms with Crippen LogP contribution < -0.4 is 4.90 Å². The Morgan fingerprint density at radius 2 is 1.47 bits per heavy atom. The molecule has 2 fully saturated rings. The van der Waals surface area contributed by atoms with Gasteiger partial charge in [-0.1, -0.05) is 66.2 Å². The highest BCUT2D eigenvalue weighted by Gasteiger charge is 2.74. The van der Waals surface area contributed by atoms with Crippen molar-refractivity contribution in [1.29, 1.82) is 0 Å². The second-order valence-electron chi connectivity index (χ2n) is 8.85. The fraction of sp³-hybridized carbons (Fsp3) is 0.185. The number of nitrogens with zero attached hydrogens (tertiary/aromatic N) is 1. The summed E-state index contributed by atoms with van der Waals surface area (Å²) in [7, 11) is 0. The van der Waals surface area contributed by atoms with Gasteiger partial charge in [0, 0.05) is 21.7 Å². The second kappa shape index (κ2) is 7.19. The Bertz CT molecular complexity index is 1390. The molecule has 0 saturated carbocycles. The van der Waals surface area contributed by atoms with Gasteiger partial charge in [0.2, 0.25) is 29.0 Å². The molecule has 3 aliphatic rings. The van der Waals surface area contributed by atoms with E-state index in [-0.39, 0.29) is 11.1 Å². The van der Waals surface area contributed by atoms with Crippen molar-refractivity contribution in [2.24, 2.45) is 11.8 Å². The SMILES string of the molecule is Cc1cccc(N2C(=O)[C@@H]3[C@@H](c4ccccc4Cl)OC4(C(=O)c5ccccc5C4=O)[C@@H]3C2=O)c1. The zero-order chi connectivity index (χ0) is 23.8. The van der Waals surface area contributed by atoms with Gasteiger partial charge in [-0.15, -0.1) is 0 Å². The summed E-state index contributed by atoms with van der Waals surface area (Å²) in [5.74, 6) is -4.69. The molecule has 6 nitrogen and oxygen atoms in total. The van der Waals surface area contributed by atoms with Crippen LogP contribution in [0.2, 0.25) is 5.02 Å². The summed E-state index contributed by atoms with van der Waals surface area (Å²) < 4.78 is 6.25. The number of rotatable bonds is 2. The molecule has 3 aromatic carbocycles. The minimum Gasteiger partial charge on any atom is -0.349 e. The molecule has 2 amide bonds. The number of imide groups is 1. The summed E-state index contributed by atoms with van der Waals surface area (Å²) >= 11 is 6.45. The maximum atomic E-state index is 13.9. The molecule has 0 unspecified atom stereocenters. The zero-order valence-electron chi connectivity index (χ0n) is 18.0. The van der Waals surface area contributed by atoms with E-state index >= 15 is 0 Å². The fourth-order valence-corrected chi connectivity index (χ4v) is 5.77. The first-order valence-electron chi connectivity index (χ1n) is 10.9. The molecule has 6 rings (SSSR count). The van der Waals surface area contributed by atoms with Crippen molar-refractivity contribution in [1.82, 2.24) is 0 Å². The minimum atomic E-state index is -2.11. The van der Waals surface area contributed by atoms with Crippen LogP contribution in [0.15, 0.2) is 72.8 Å². The largest absolute Gasteiger partial charge is 0.349 e. The van der Waals surface area contributed by atoms with Gasteiger partial charge >= 0.3 is 0 Å². The molecule has 1 spiro atoms. The highest BCUT2D eigenvalue weighted by Crippen LogP contribution is 2.58. The lowest BCUT2D eigenvalue weighted by Gasteiger charge is -2.27. The number of fused-ring (bicyclic) bond motifs is 3. The number of hydrogen-bond donors (Lipinski definition) is 0. The molecular weight excluding hydrogens is 454 g/mol. The van der Waals surface area contributed by atoms with Crippen LogP contribution in [-0.4, -0.2) is 29.0 Å². The first-order valence-corrected chi connectivity index (χ1v) is 11.3. The summed E-state index contributed by atoms with van der Waals surface area (Å²) in [5.41, 5.74) is 0.00120. The predicted octanol–water partition coefficient (Wildman–Crippen LogP) is 4.34. The normalized spacial score (nSPS) is 24.8. The van der Waals surface area contributed by atoms with Gasteiger partial charge in [-0.25, -0.2) is 4.90 Å². The molecule has 2 heterocycles. The number of carbonyl (C=O) groups is 4. The molecule has 3 aromatic rings. The molecule has 0 radical (unpaired) electrons. The van der Waals surface area contributed by atoms with Crippen LogP contribution in [0.25, 0.3) is 0 Å². The van der Waals surface area contributed by atoms with E-state index < -0.39 is 46.9 Å². The van der Waals surface area contributed by atoms with E-state index in [1.54, 1.807) is 66.7 Å². The van der Waals surface area contributed by atoms with Crippen molar-refractivity contribution >= 4 is 40.7 Å². The van der Waals surface area contributed by atoms with Crippen molar-refractivity contribution < 1.29 is 23.9 Å². The molecule has 7 heteroatoms. The van der Waals surface area contributed by atoms with Gasteiger partial charge in [0.05, 0.1) is 23.6 Å². The summed E-state index contributed by atoms with van der Waals surface area (Å²) in [6.45, 7) is 1.85. The Morgan fingerprint density at radius 1 is 0.824 bits per heavy atom. The monoisotopic (exact) mass is 471 g/mol. The van der Waals surface area contributed by atoms with Gasteiger partial charge in [-0.2, -0.15) is 0 Å². The lowest BCUT2D eigenvalue weighted by atomic mass is 9.77. The Hall–Kier alpha value is -3.61. The van der Waals surface area contributed by atoms with Gasteiger partial charge in [-0.3, -0.25) is 19.2 Å². The maximum Gasteiger partial charge on any atom is 0.241 e. The van der Waals surface area contributed by atoms with Gasteiger partial charge in [0.25, 0.3) is 0 Å². The number of anilines is 1. The van der Waals surface area contributed by atoms with E-state index in [0.717, 1.165) is 10.5 Å². The fourth-order valence-electron chi connectivity index (χ4n) is 5.53. The third-order valence-corrected chi connectivity index (χ3v) is 7.33. The summed E-state index contributed by atoms with van der Waals surface area (Å²) in [6, 6.07) is 20.2. The standard InChI is InChI=1S/C27H18ClNO5/c1-14-7-6-8-15(13-14)29-25(32)20-21(26(29)33)27(34-22(20)18-11-4-5-12-19(18)28)23(30)16-9-2-3-10-17(16)24(27)31/h2-13,20-22H,1H3/t20-,21-,22+/m0/s1. The molecule has 2 saturated heterocycles. The number of carbonyl (C=O) groups excluding carboxylic acids is 4. The average Bonchev–Trinajstić information content (AvgIpc) is 3.39. The Morgan fingerprint density at radius 3 is 2.12 bits per heavy atom. The summed E-state index contributed by atoms with van der Waals surface area (Å²) in [5, 5.41) is 0.327. The van der Waals surface area contributed by atoms with Crippen LogP contribution in [0.4, 0.5) is 5.69 Å². The lowest BCUT2D eigenvalue weighted by molar-refractivity contribution is -0.127. The number of ether oxygens (including phenoxy) is 1. The molecule has 3 atom stereocenters. The van der Waals surface area contributed by atoms with Crippen LogP contribution in [0.1, 0.15) is 37.9 Å². The van der Waals surface area contributed by atoms with Crippen LogP contribution in [0, 0.1) is 18.8 Å². The number of halogens is 1. The van der Waals surface area contributed by atoms with Gasteiger partial charge in [0.1, 0.15) is 0 Å². The van der Waals surface area contributed by atoms with Crippen LogP contribution in [0.5, 0.6) is 0 Å². The zero-order valence-corrected chi connectivity index (χ0v) is 18.8. The van der Waals surface area contributed by atoms with Gasteiger partial charge in [-0.05, 0) is 30.7 Å². The smallest absolute Gasteiger partial charge is 0.241 e. The number of ketones is 2. The van der Waals surface area contributed by atoms with E-state index in [9.17, 15) is 19.2 Å². The van der Waals surface area contributed by atoms with Crippen LogP contribution in [0.3, 0.4) is 0 Å². The Labute approximate surface area is 200 Å². The van der Waals surface area contributed by atoms with Crippen molar-refractivity contribution in [3.8, 4) is 0 Å². The maximum absolute atomic E-state index is 13.9. The van der Waals surface area contributed by atoms with Crippen LogP contribution in [-0.2, 0) is 14.3 Å². The van der Waals surface area contributed by atoms with Crippen LogP contribution >= 0.6 is 11.6 Å². The van der Waals surface area contributed by atoms with Gasteiger partial charge in [0.15, 0.2) is 0 Å². The number of benzene rings is 3. The molecule has 168 valence electrons. The van der Waals surface area contributed by atoms with E-state index in [2.05, 4.69) is 0 Å². The molecule has 0 bridgehead atoms. The number of hydrogen-bond acceptors (Lipinski definition) is 5. The molecule has 0 aromatic heterocycles. The average molecular weight is 472 g/mol. The molecular formula is C27H18ClNO5. The molecule has 34 heavy (non-hydrogen) atoms. The molecule has 0 N–H and O–H groups in total. The van der Waals surface area contributed by atoms with Crippen molar-refractivity contribution in [3.05, 3.63) is 100 Å². The van der Waals surface area contributed by atoms with Crippen molar-refractivity contribution in [2.75, 3.05) is 4.90 Å². The van der Waals surface area contributed by atoms with E-state index in [1.807, 2.05) is 13.0 Å². The summed E-state index contributed by atoms with van der Waals surface area (Å²) in [4.78, 5) is 56.2. The Balaban J connectivity index is 1.57. The van der Waals surface area contributed by atoms with Crippen molar-refractivity contribution in [3.63, 3.8) is 0 Å². The van der Waals surface area contributed by atoms with Gasteiger partial charge < -0.3 is 4.74 Å². The first-order chi connectivity index (χ1) is 16.4. The third-order valence-electron chi connectivity index (χ3n) is 6.99. The quantitative estimate of drug-likeness (QED) is 0.410. The highest BCUT2D eigenvalue weighted by atomic mass is 35.5. The second-order valence-corrected chi connectivity index (χ2v) is 9.26. The third kappa shape index (κ3) is 2.55. The van der Waals surface area contributed by atoms with E-state index in [0.29, 0.717) is 16.3 Å². The van der Waals surface area contributed by atoms with Crippen molar-refractivity contribution in [2.45, 2.75) is 18.6 Å².